The highest BCUT2D eigenvalue weighted by Crippen LogP contribution is 2.42. The SMILES string of the molecule is CNC(=O)c1c(-c2ccc(F)cc2)oc2cc(N(C)SO)c([C@H]3CCCN(C(=O)c4n[nH]c(=O)c5ccccc45)C3)cc12. The summed E-state index contributed by atoms with van der Waals surface area (Å²) >= 11 is 0.538. The van der Waals surface area contributed by atoms with Gasteiger partial charge in [-0.2, -0.15) is 5.10 Å². The van der Waals surface area contributed by atoms with Crippen molar-refractivity contribution in [1.29, 1.82) is 0 Å². The van der Waals surface area contributed by atoms with Gasteiger partial charge in [-0.25, -0.2) is 9.49 Å². The van der Waals surface area contributed by atoms with Crippen molar-refractivity contribution < 1.29 is 22.9 Å². The average Bonchev–Trinajstić information content (AvgIpc) is 3.42. The Hall–Kier alpha value is -4.68. The van der Waals surface area contributed by atoms with E-state index < -0.39 is 5.82 Å². The molecule has 43 heavy (non-hydrogen) atoms. The number of hydrogen-bond acceptors (Lipinski definition) is 8. The normalized spacial score (nSPS) is 15.2. The van der Waals surface area contributed by atoms with Crippen LogP contribution in [0.2, 0.25) is 0 Å². The van der Waals surface area contributed by atoms with Gasteiger partial charge in [-0.3, -0.25) is 18.7 Å². The molecule has 1 aliphatic heterocycles. The Morgan fingerprint density at radius 3 is 2.60 bits per heavy atom. The van der Waals surface area contributed by atoms with Crippen molar-refractivity contribution in [3.63, 3.8) is 0 Å². The van der Waals surface area contributed by atoms with Crippen LogP contribution < -0.4 is 15.2 Å². The first-order valence-electron chi connectivity index (χ1n) is 13.7. The molecule has 1 atom stereocenters. The van der Waals surface area contributed by atoms with Gasteiger partial charge in [-0.1, -0.05) is 18.2 Å². The van der Waals surface area contributed by atoms with E-state index in [1.54, 1.807) is 58.7 Å². The van der Waals surface area contributed by atoms with Crippen LogP contribution in [0.4, 0.5) is 10.1 Å². The monoisotopic (exact) mass is 601 g/mol. The van der Waals surface area contributed by atoms with Crippen molar-refractivity contribution in [1.82, 2.24) is 20.4 Å². The van der Waals surface area contributed by atoms with Crippen molar-refractivity contribution in [3.8, 4) is 11.3 Å². The number of likely N-dealkylation sites (tertiary alicyclic amines) is 1. The van der Waals surface area contributed by atoms with Gasteiger partial charge < -0.3 is 19.2 Å². The number of amides is 2. The molecule has 3 aromatic carbocycles. The molecule has 0 unspecified atom stereocenters. The number of halogens is 1. The maximum Gasteiger partial charge on any atom is 0.274 e. The predicted octanol–water partition coefficient (Wildman–Crippen LogP) is 5.41. The van der Waals surface area contributed by atoms with Crippen LogP contribution in [0.15, 0.2) is 69.9 Å². The number of rotatable bonds is 6. The first-order valence-corrected chi connectivity index (χ1v) is 14.4. The van der Waals surface area contributed by atoms with Gasteiger partial charge in [0.25, 0.3) is 17.4 Å². The van der Waals surface area contributed by atoms with Gasteiger partial charge in [0, 0.05) is 55.5 Å². The van der Waals surface area contributed by atoms with Crippen LogP contribution in [-0.2, 0) is 0 Å². The Labute approximate surface area is 249 Å². The van der Waals surface area contributed by atoms with Crippen LogP contribution in [0.1, 0.15) is 45.2 Å². The quantitative estimate of drug-likeness (QED) is 0.174. The minimum atomic E-state index is -0.408. The highest BCUT2D eigenvalue weighted by atomic mass is 32.2. The van der Waals surface area contributed by atoms with Gasteiger partial charge in [0.15, 0.2) is 5.69 Å². The molecule has 0 radical (unpaired) electrons. The molecule has 0 spiro atoms. The molecule has 1 aliphatic rings. The molecule has 3 heterocycles. The number of H-pyrrole nitrogens is 1. The van der Waals surface area contributed by atoms with E-state index in [0.717, 1.165) is 12.0 Å². The second kappa shape index (κ2) is 11.5. The fourth-order valence-corrected chi connectivity index (χ4v) is 6.04. The molecule has 220 valence electrons. The second-order valence-corrected chi connectivity index (χ2v) is 11.1. The van der Waals surface area contributed by atoms with E-state index in [-0.39, 0.29) is 29.0 Å². The van der Waals surface area contributed by atoms with E-state index >= 15 is 0 Å². The lowest BCUT2D eigenvalue weighted by Gasteiger charge is -2.34. The van der Waals surface area contributed by atoms with Gasteiger partial charge in [0.05, 0.1) is 16.6 Å². The van der Waals surface area contributed by atoms with Crippen LogP contribution in [0, 0.1) is 5.82 Å². The summed E-state index contributed by atoms with van der Waals surface area (Å²) in [5.74, 6) is -0.916. The van der Waals surface area contributed by atoms with Crippen molar-refractivity contribution in [2.75, 3.05) is 31.5 Å². The summed E-state index contributed by atoms with van der Waals surface area (Å²) in [4.78, 5) is 40.9. The van der Waals surface area contributed by atoms with E-state index in [9.17, 15) is 23.3 Å². The van der Waals surface area contributed by atoms with Crippen molar-refractivity contribution in [3.05, 3.63) is 93.7 Å². The molecule has 2 aromatic heterocycles. The topological polar surface area (TPSA) is 132 Å². The van der Waals surface area contributed by atoms with Gasteiger partial charge in [0.1, 0.15) is 29.4 Å². The Balaban J connectivity index is 1.44. The van der Waals surface area contributed by atoms with E-state index in [1.807, 2.05) is 6.07 Å². The number of carbonyl (C=O) groups excluding carboxylic acids is 2. The Morgan fingerprint density at radius 2 is 1.88 bits per heavy atom. The molecule has 1 saturated heterocycles. The molecule has 10 nitrogen and oxygen atoms in total. The van der Waals surface area contributed by atoms with Gasteiger partial charge in [-0.05, 0) is 54.8 Å². The molecule has 6 rings (SSSR count). The maximum absolute atomic E-state index is 13.7. The van der Waals surface area contributed by atoms with Gasteiger partial charge in [0.2, 0.25) is 0 Å². The first-order chi connectivity index (χ1) is 20.8. The summed E-state index contributed by atoms with van der Waals surface area (Å²) in [5, 5.41) is 10.7. The molecule has 5 aromatic rings. The Kier molecular flexibility index (Phi) is 7.63. The zero-order valence-electron chi connectivity index (χ0n) is 23.4. The van der Waals surface area contributed by atoms with E-state index in [2.05, 4.69) is 15.5 Å². The summed E-state index contributed by atoms with van der Waals surface area (Å²) in [6.45, 7) is 0.866. The van der Waals surface area contributed by atoms with Crippen molar-refractivity contribution >= 4 is 51.5 Å². The second-order valence-electron chi connectivity index (χ2n) is 10.4. The fraction of sp³-hybridized carbons (Fsp3) is 0.226. The van der Waals surface area contributed by atoms with Crippen LogP contribution >= 0.6 is 12.2 Å². The smallest absolute Gasteiger partial charge is 0.274 e. The fourth-order valence-electron chi connectivity index (χ4n) is 5.79. The number of anilines is 1. The number of aromatic amines is 1. The largest absolute Gasteiger partial charge is 0.455 e. The molecular formula is C31H28FN5O5S. The minimum Gasteiger partial charge on any atom is -0.455 e. The number of aromatic nitrogens is 2. The molecule has 0 aliphatic carbocycles. The number of benzene rings is 3. The maximum atomic E-state index is 13.7. The number of nitrogens with one attached hydrogen (secondary N) is 2. The third-order valence-electron chi connectivity index (χ3n) is 7.91. The summed E-state index contributed by atoms with van der Waals surface area (Å²) < 4.78 is 31.5. The van der Waals surface area contributed by atoms with E-state index in [1.165, 1.54) is 19.2 Å². The highest BCUT2D eigenvalue weighted by Gasteiger charge is 2.31. The zero-order chi connectivity index (χ0) is 30.2. The zero-order valence-corrected chi connectivity index (χ0v) is 24.2. The third kappa shape index (κ3) is 5.12. The number of fused-ring (bicyclic) bond motifs is 2. The highest BCUT2D eigenvalue weighted by molar-refractivity contribution is 7.95. The molecule has 12 heteroatoms. The van der Waals surface area contributed by atoms with Crippen LogP contribution in [-0.4, -0.2) is 58.6 Å². The summed E-state index contributed by atoms with van der Waals surface area (Å²) in [7, 11) is 3.24. The first kappa shape index (κ1) is 28.4. The molecule has 2 amide bonds. The molecular weight excluding hydrogens is 573 g/mol. The number of furan rings is 1. The van der Waals surface area contributed by atoms with Crippen molar-refractivity contribution in [2.24, 2.45) is 0 Å². The number of hydrogen-bond donors (Lipinski definition) is 3. The number of piperidine rings is 1. The van der Waals surface area contributed by atoms with Crippen LogP contribution in [0.3, 0.4) is 0 Å². The predicted molar refractivity (Wildman–Crippen MR) is 164 cm³/mol. The molecule has 1 fully saturated rings. The minimum absolute atomic E-state index is 0.151. The van der Waals surface area contributed by atoms with Gasteiger partial charge in [-0.15, -0.1) is 0 Å². The van der Waals surface area contributed by atoms with E-state index in [0.29, 0.717) is 76.1 Å². The average molecular weight is 602 g/mol. The lowest BCUT2D eigenvalue weighted by atomic mass is 9.87. The van der Waals surface area contributed by atoms with Crippen molar-refractivity contribution in [2.45, 2.75) is 18.8 Å². The van der Waals surface area contributed by atoms with E-state index in [4.69, 9.17) is 4.42 Å². The standard InChI is InChI=1S/C31H28FN5O5S/c1-33-30(39)26-23-14-22(24(36(2)43-41)15-25(23)42-28(26)17-9-11-19(32)12-10-17)18-6-5-13-37(16-18)31(40)27-20-7-3-4-8-21(20)29(38)35-34-27/h3-4,7-12,14-15,18,41H,5-6,13,16H2,1-2H3,(H,33,39)(H,35,38)/t18-/m0/s1. The summed E-state index contributed by atoms with van der Waals surface area (Å²) in [5.41, 5.74) is 2.57. The molecule has 0 bridgehead atoms. The Morgan fingerprint density at radius 1 is 1.14 bits per heavy atom. The Bertz CT molecular complexity index is 1920. The third-order valence-corrected chi connectivity index (χ3v) is 8.35. The van der Waals surface area contributed by atoms with Crippen LogP contribution in [0.5, 0.6) is 0 Å². The van der Waals surface area contributed by atoms with Crippen LogP contribution in [0.25, 0.3) is 33.1 Å². The lowest BCUT2D eigenvalue weighted by molar-refractivity contribution is 0.0702. The molecule has 0 saturated carbocycles. The summed E-state index contributed by atoms with van der Waals surface area (Å²) in [6.07, 6.45) is 1.46. The molecule has 3 N–H and O–H groups in total. The summed E-state index contributed by atoms with van der Waals surface area (Å²) in [6, 6.07) is 16.2. The van der Waals surface area contributed by atoms with Gasteiger partial charge >= 0.3 is 0 Å². The number of carbonyl (C=O) groups is 2. The lowest BCUT2D eigenvalue weighted by Crippen LogP contribution is -2.40. The number of nitrogens with zero attached hydrogens (tertiary/aromatic N) is 3.